The maximum atomic E-state index is 12.7. The van der Waals surface area contributed by atoms with Gasteiger partial charge in [-0.3, -0.25) is 19.3 Å². The van der Waals surface area contributed by atoms with Crippen molar-refractivity contribution < 1.29 is 18.8 Å². The summed E-state index contributed by atoms with van der Waals surface area (Å²) in [6.07, 6.45) is 1.49. The highest BCUT2D eigenvalue weighted by atomic mass is 32.1. The Balaban J connectivity index is 1.39. The number of thiazole rings is 1. The van der Waals surface area contributed by atoms with Crippen molar-refractivity contribution in [3.63, 3.8) is 0 Å². The minimum atomic E-state index is -0.442. The minimum Gasteiger partial charge on any atom is -0.467 e. The van der Waals surface area contributed by atoms with Crippen molar-refractivity contribution in [3.8, 4) is 0 Å². The van der Waals surface area contributed by atoms with E-state index in [1.807, 2.05) is 19.1 Å². The Hall–Kier alpha value is -3.78. The molecule has 1 aliphatic heterocycles. The molecule has 0 spiro atoms. The molecule has 0 unspecified atom stereocenters. The van der Waals surface area contributed by atoms with Gasteiger partial charge in [0.1, 0.15) is 5.76 Å². The summed E-state index contributed by atoms with van der Waals surface area (Å²) in [7, 11) is 0. The molecule has 3 amide bonds. The molecule has 4 aromatic rings. The molecule has 0 atom stereocenters. The third-order valence-electron chi connectivity index (χ3n) is 4.88. The highest BCUT2D eigenvalue weighted by molar-refractivity contribution is 7.18. The van der Waals surface area contributed by atoms with Gasteiger partial charge in [-0.15, -0.1) is 11.3 Å². The summed E-state index contributed by atoms with van der Waals surface area (Å²) in [5.74, 6) is -0.689. The number of aromatic nitrogens is 1. The Kier molecular flexibility index (Phi) is 4.22. The molecule has 3 heterocycles. The highest BCUT2D eigenvalue weighted by Crippen LogP contribution is 2.27. The van der Waals surface area contributed by atoms with Gasteiger partial charge in [0.05, 0.1) is 39.2 Å². The SMILES string of the molecule is Cc1nc2ccc(NC(=O)c3ccc4c(c3)C(=O)N(Cc3ccco3)C4=O)cc2s1. The molecule has 30 heavy (non-hydrogen) atoms. The van der Waals surface area contributed by atoms with E-state index in [-0.39, 0.29) is 23.6 Å². The van der Waals surface area contributed by atoms with Gasteiger partial charge in [-0.25, -0.2) is 4.98 Å². The summed E-state index contributed by atoms with van der Waals surface area (Å²) in [5, 5.41) is 3.79. The molecule has 8 heteroatoms. The number of imide groups is 1. The van der Waals surface area contributed by atoms with Crippen LogP contribution >= 0.6 is 11.3 Å². The van der Waals surface area contributed by atoms with E-state index >= 15 is 0 Å². The van der Waals surface area contributed by atoms with Crippen LogP contribution in [-0.4, -0.2) is 27.6 Å². The lowest BCUT2D eigenvalue weighted by Gasteiger charge is -2.11. The van der Waals surface area contributed by atoms with E-state index in [0.717, 1.165) is 20.1 Å². The number of rotatable bonds is 4. The molecular formula is C22H15N3O4S. The predicted molar refractivity (Wildman–Crippen MR) is 112 cm³/mol. The third kappa shape index (κ3) is 3.07. The molecule has 148 valence electrons. The number of hydrogen-bond donors (Lipinski definition) is 1. The highest BCUT2D eigenvalue weighted by Gasteiger charge is 2.36. The molecule has 0 saturated carbocycles. The summed E-state index contributed by atoms with van der Waals surface area (Å²) < 4.78 is 6.22. The summed E-state index contributed by atoms with van der Waals surface area (Å²) >= 11 is 1.55. The van der Waals surface area contributed by atoms with Gasteiger partial charge >= 0.3 is 0 Å². The number of anilines is 1. The van der Waals surface area contributed by atoms with Gasteiger partial charge in [0, 0.05) is 11.3 Å². The van der Waals surface area contributed by atoms with Crippen LogP contribution in [0.5, 0.6) is 0 Å². The number of carbonyl (C=O) groups is 3. The second-order valence-electron chi connectivity index (χ2n) is 6.91. The van der Waals surface area contributed by atoms with Crippen molar-refractivity contribution in [2.24, 2.45) is 0 Å². The lowest BCUT2D eigenvalue weighted by atomic mass is 10.1. The molecular weight excluding hydrogens is 402 g/mol. The number of aryl methyl sites for hydroxylation is 1. The maximum Gasteiger partial charge on any atom is 0.261 e. The summed E-state index contributed by atoms with van der Waals surface area (Å²) in [6, 6.07) is 13.4. The summed E-state index contributed by atoms with van der Waals surface area (Å²) in [6.45, 7) is 1.98. The maximum absolute atomic E-state index is 12.7. The fraction of sp³-hybridized carbons (Fsp3) is 0.0909. The largest absolute Gasteiger partial charge is 0.467 e. The van der Waals surface area contributed by atoms with Crippen LogP contribution in [0.3, 0.4) is 0 Å². The van der Waals surface area contributed by atoms with E-state index in [1.54, 1.807) is 35.6 Å². The third-order valence-corrected chi connectivity index (χ3v) is 5.81. The van der Waals surface area contributed by atoms with E-state index in [1.165, 1.54) is 18.4 Å². The van der Waals surface area contributed by atoms with Gasteiger partial charge in [-0.05, 0) is 55.5 Å². The molecule has 1 aliphatic rings. The lowest BCUT2D eigenvalue weighted by molar-refractivity contribution is 0.0631. The zero-order valence-electron chi connectivity index (χ0n) is 15.8. The molecule has 2 aromatic heterocycles. The van der Waals surface area contributed by atoms with Crippen LogP contribution in [0.4, 0.5) is 5.69 Å². The topological polar surface area (TPSA) is 92.5 Å². The number of nitrogens with one attached hydrogen (secondary N) is 1. The van der Waals surface area contributed by atoms with Crippen molar-refractivity contribution in [2.45, 2.75) is 13.5 Å². The molecule has 0 saturated heterocycles. The van der Waals surface area contributed by atoms with Crippen molar-refractivity contribution >= 4 is 45.0 Å². The van der Waals surface area contributed by atoms with Crippen molar-refractivity contribution in [2.75, 3.05) is 5.32 Å². The second-order valence-corrected chi connectivity index (χ2v) is 8.14. The van der Waals surface area contributed by atoms with Gasteiger partial charge in [0.15, 0.2) is 0 Å². The number of furan rings is 1. The number of benzene rings is 2. The zero-order chi connectivity index (χ0) is 20.8. The first-order chi connectivity index (χ1) is 14.5. The Morgan fingerprint density at radius 1 is 1.10 bits per heavy atom. The molecule has 7 nitrogen and oxygen atoms in total. The number of nitrogens with zero attached hydrogens (tertiary/aromatic N) is 2. The molecule has 5 rings (SSSR count). The zero-order valence-corrected chi connectivity index (χ0v) is 16.7. The molecule has 0 aliphatic carbocycles. The minimum absolute atomic E-state index is 0.0508. The van der Waals surface area contributed by atoms with E-state index in [0.29, 0.717) is 17.0 Å². The molecule has 2 aromatic carbocycles. The van der Waals surface area contributed by atoms with Gasteiger partial charge in [-0.1, -0.05) is 0 Å². The first kappa shape index (κ1) is 18.3. The molecule has 0 fully saturated rings. The smallest absolute Gasteiger partial charge is 0.261 e. The summed E-state index contributed by atoms with van der Waals surface area (Å²) in [4.78, 5) is 43.6. The first-order valence-electron chi connectivity index (χ1n) is 9.21. The Morgan fingerprint density at radius 2 is 1.93 bits per heavy atom. The van der Waals surface area contributed by atoms with Crippen molar-refractivity contribution in [3.05, 3.63) is 82.3 Å². The second kappa shape index (κ2) is 6.93. The Morgan fingerprint density at radius 3 is 2.73 bits per heavy atom. The van der Waals surface area contributed by atoms with E-state index in [2.05, 4.69) is 10.3 Å². The fourth-order valence-electron chi connectivity index (χ4n) is 3.45. The van der Waals surface area contributed by atoms with Gasteiger partial charge in [0.25, 0.3) is 17.7 Å². The van der Waals surface area contributed by atoms with Gasteiger partial charge in [-0.2, -0.15) is 0 Å². The number of fused-ring (bicyclic) bond motifs is 2. The standard InChI is InChI=1S/C22H15N3O4S/c1-12-23-18-7-5-14(10-19(18)30-12)24-20(26)13-4-6-16-17(9-13)22(28)25(21(16)27)11-15-3-2-8-29-15/h2-10H,11H2,1H3,(H,24,26). The Bertz CT molecular complexity index is 1320. The predicted octanol–water partition coefficient (Wildman–Crippen LogP) is 4.25. The van der Waals surface area contributed by atoms with Crippen LogP contribution in [0, 0.1) is 6.92 Å². The van der Waals surface area contributed by atoms with Crippen LogP contribution in [0.1, 0.15) is 41.8 Å². The van der Waals surface area contributed by atoms with Crippen molar-refractivity contribution in [1.29, 1.82) is 0 Å². The normalized spacial score (nSPS) is 13.2. The molecule has 0 bridgehead atoms. The van der Waals surface area contributed by atoms with Crippen LogP contribution in [0.25, 0.3) is 10.2 Å². The average Bonchev–Trinajstić information content (AvgIpc) is 3.43. The monoisotopic (exact) mass is 417 g/mol. The first-order valence-corrected chi connectivity index (χ1v) is 10.0. The van der Waals surface area contributed by atoms with E-state index in [9.17, 15) is 14.4 Å². The number of hydrogen-bond acceptors (Lipinski definition) is 6. The molecule has 1 N–H and O–H groups in total. The van der Waals surface area contributed by atoms with Crippen LogP contribution in [-0.2, 0) is 6.54 Å². The Labute approximate surface area is 174 Å². The van der Waals surface area contributed by atoms with Gasteiger partial charge < -0.3 is 9.73 Å². The van der Waals surface area contributed by atoms with Crippen LogP contribution < -0.4 is 5.32 Å². The fourth-order valence-corrected chi connectivity index (χ4v) is 4.32. The van der Waals surface area contributed by atoms with Crippen LogP contribution in [0.2, 0.25) is 0 Å². The molecule has 0 radical (unpaired) electrons. The van der Waals surface area contributed by atoms with E-state index in [4.69, 9.17) is 4.42 Å². The van der Waals surface area contributed by atoms with Crippen molar-refractivity contribution in [1.82, 2.24) is 9.88 Å². The average molecular weight is 417 g/mol. The summed E-state index contributed by atoms with van der Waals surface area (Å²) in [5.41, 5.74) is 2.32. The number of carbonyl (C=O) groups excluding carboxylic acids is 3. The quantitative estimate of drug-likeness (QED) is 0.501. The van der Waals surface area contributed by atoms with E-state index < -0.39 is 11.8 Å². The lowest BCUT2D eigenvalue weighted by Crippen LogP contribution is -2.28. The van der Waals surface area contributed by atoms with Gasteiger partial charge in [0.2, 0.25) is 0 Å². The number of amides is 3. The van der Waals surface area contributed by atoms with Crippen LogP contribution in [0.15, 0.2) is 59.2 Å².